The number of amides is 2. The van der Waals surface area contributed by atoms with E-state index in [1.807, 2.05) is 35.2 Å². The van der Waals surface area contributed by atoms with Crippen LogP contribution in [-0.2, 0) is 25.5 Å². The monoisotopic (exact) mass is 668 g/mol. The molecule has 0 bridgehead atoms. The van der Waals surface area contributed by atoms with Crippen LogP contribution in [0.5, 0.6) is 0 Å². The van der Waals surface area contributed by atoms with Crippen molar-refractivity contribution < 1.29 is 29.0 Å². The van der Waals surface area contributed by atoms with Gasteiger partial charge in [-0.25, -0.2) is 0 Å². The van der Waals surface area contributed by atoms with Crippen molar-refractivity contribution in [2.45, 2.75) is 62.8 Å². The number of carbonyl (C=O) groups is 3. The number of pyridine rings is 1. The number of methoxy groups -OCH3 is 1. The SMILES string of the molecule is COC1CN([C@H]2C[C@@H](CO[C@H]3CC[C@H](C(=O)O)CC3)N(C(=O)Cc3cc(Cl)c(NC(=O)c4nccc5ccccc45)cc3Cl)C2)C1. The Kier molecular flexibility index (Phi) is 10.1. The van der Waals surface area contributed by atoms with Crippen LogP contribution in [0.15, 0.2) is 48.7 Å². The topological polar surface area (TPSA) is 121 Å². The van der Waals surface area contributed by atoms with Crippen molar-refractivity contribution in [1.29, 1.82) is 0 Å². The van der Waals surface area contributed by atoms with Gasteiger partial charge in [0.05, 0.1) is 47.9 Å². The lowest BCUT2D eigenvalue weighted by Gasteiger charge is -2.42. The quantitative estimate of drug-likeness (QED) is 0.299. The molecule has 3 fully saturated rings. The molecular weight excluding hydrogens is 631 g/mol. The number of aromatic nitrogens is 1. The zero-order chi connectivity index (χ0) is 32.4. The number of ether oxygens (including phenoxy) is 2. The second-order valence-corrected chi connectivity index (χ2v) is 13.3. The minimum absolute atomic E-state index is 0.00596. The Bertz CT molecular complexity index is 1600. The van der Waals surface area contributed by atoms with Gasteiger partial charge in [-0.15, -0.1) is 0 Å². The number of aliphatic carboxylic acids is 1. The van der Waals surface area contributed by atoms with Crippen LogP contribution in [0.25, 0.3) is 10.8 Å². The molecule has 6 rings (SSSR count). The van der Waals surface area contributed by atoms with E-state index in [1.165, 1.54) is 0 Å². The molecule has 10 nitrogen and oxygen atoms in total. The molecule has 2 atom stereocenters. The molecule has 3 heterocycles. The molecule has 1 saturated carbocycles. The van der Waals surface area contributed by atoms with Gasteiger partial charge in [-0.2, -0.15) is 0 Å². The summed E-state index contributed by atoms with van der Waals surface area (Å²) >= 11 is 13.3. The highest BCUT2D eigenvalue weighted by atomic mass is 35.5. The Labute approximate surface area is 277 Å². The largest absolute Gasteiger partial charge is 0.481 e. The van der Waals surface area contributed by atoms with Crippen molar-refractivity contribution in [3.63, 3.8) is 0 Å². The number of halogens is 2. The van der Waals surface area contributed by atoms with E-state index in [4.69, 9.17) is 32.7 Å². The maximum absolute atomic E-state index is 13.8. The second kappa shape index (κ2) is 14.2. The van der Waals surface area contributed by atoms with Crippen LogP contribution in [-0.4, -0.2) is 95.3 Å². The number of carboxylic acids is 1. The summed E-state index contributed by atoms with van der Waals surface area (Å²) in [7, 11) is 1.72. The van der Waals surface area contributed by atoms with Gasteiger partial charge in [0.1, 0.15) is 5.69 Å². The first kappa shape index (κ1) is 32.7. The number of benzene rings is 2. The van der Waals surface area contributed by atoms with Crippen molar-refractivity contribution in [3.05, 3.63) is 70.0 Å². The fourth-order valence-corrected chi connectivity index (χ4v) is 7.29. The lowest BCUT2D eigenvalue weighted by molar-refractivity contribution is -0.144. The summed E-state index contributed by atoms with van der Waals surface area (Å²) in [5, 5.41) is 14.4. The smallest absolute Gasteiger partial charge is 0.306 e. The Morgan fingerprint density at radius 1 is 1.00 bits per heavy atom. The summed E-state index contributed by atoms with van der Waals surface area (Å²) < 4.78 is 11.7. The second-order valence-electron chi connectivity index (χ2n) is 12.5. The van der Waals surface area contributed by atoms with E-state index in [9.17, 15) is 19.5 Å². The van der Waals surface area contributed by atoms with Crippen LogP contribution in [0.3, 0.4) is 0 Å². The van der Waals surface area contributed by atoms with Gasteiger partial charge in [0.15, 0.2) is 0 Å². The molecule has 1 aliphatic carbocycles. The van der Waals surface area contributed by atoms with Gasteiger partial charge in [-0.05, 0) is 61.3 Å². The molecule has 2 amide bonds. The average molecular weight is 670 g/mol. The van der Waals surface area contributed by atoms with E-state index in [2.05, 4.69) is 15.2 Å². The van der Waals surface area contributed by atoms with Crippen LogP contribution in [0.4, 0.5) is 5.69 Å². The number of likely N-dealkylation sites (tertiary alicyclic amines) is 2. The van der Waals surface area contributed by atoms with Crippen LogP contribution in [0, 0.1) is 5.92 Å². The number of nitrogens with one attached hydrogen (secondary N) is 1. The number of hydrogen-bond acceptors (Lipinski definition) is 7. The van der Waals surface area contributed by atoms with E-state index in [0.717, 1.165) is 30.3 Å². The molecule has 2 aromatic carbocycles. The zero-order valence-electron chi connectivity index (χ0n) is 25.7. The summed E-state index contributed by atoms with van der Waals surface area (Å²) in [6.07, 6.45) is 5.25. The van der Waals surface area contributed by atoms with Gasteiger partial charge in [-0.3, -0.25) is 24.3 Å². The number of carbonyl (C=O) groups excluding carboxylic acids is 2. The Morgan fingerprint density at radius 3 is 2.50 bits per heavy atom. The Morgan fingerprint density at radius 2 is 1.76 bits per heavy atom. The van der Waals surface area contributed by atoms with E-state index in [-0.39, 0.29) is 53.3 Å². The maximum atomic E-state index is 13.8. The van der Waals surface area contributed by atoms with Gasteiger partial charge in [0.2, 0.25) is 5.91 Å². The van der Waals surface area contributed by atoms with Gasteiger partial charge in [0, 0.05) is 49.4 Å². The first-order valence-corrected chi connectivity index (χ1v) is 16.5. The van der Waals surface area contributed by atoms with Crippen LogP contribution in [0.2, 0.25) is 10.0 Å². The molecule has 0 radical (unpaired) electrons. The first-order chi connectivity index (χ1) is 22.2. The van der Waals surface area contributed by atoms with E-state index < -0.39 is 11.9 Å². The lowest BCUT2D eigenvalue weighted by atomic mass is 9.87. The van der Waals surface area contributed by atoms with Crippen LogP contribution in [0.1, 0.15) is 48.2 Å². The van der Waals surface area contributed by atoms with Crippen molar-refractivity contribution in [3.8, 4) is 0 Å². The van der Waals surface area contributed by atoms with Crippen molar-refractivity contribution in [1.82, 2.24) is 14.8 Å². The van der Waals surface area contributed by atoms with Gasteiger partial charge >= 0.3 is 5.97 Å². The highest BCUT2D eigenvalue weighted by Crippen LogP contribution is 2.33. The van der Waals surface area contributed by atoms with Crippen LogP contribution >= 0.6 is 23.2 Å². The van der Waals surface area contributed by atoms with Gasteiger partial charge in [-0.1, -0.05) is 47.5 Å². The molecular formula is C34H38Cl2N4O6. The molecule has 0 spiro atoms. The predicted molar refractivity (Wildman–Crippen MR) is 175 cm³/mol. The molecule has 2 N–H and O–H groups in total. The molecule has 46 heavy (non-hydrogen) atoms. The number of rotatable bonds is 10. The van der Waals surface area contributed by atoms with E-state index in [1.54, 1.807) is 25.4 Å². The van der Waals surface area contributed by atoms with Crippen molar-refractivity contribution >= 4 is 57.4 Å². The molecule has 2 aliphatic heterocycles. The molecule has 1 aromatic heterocycles. The minimum atomic E-state index is -0.742. The fourth-order valence-electron chi connectivity index (χ4n) is 6.83. The lowest BCUT2D eigenvalue weighted by Crippen LogP contribution is -2.56. The third-order valence-corrected chi connectivity index (χ3v) is 10.3. The highest BCUT2D eigenvalue weighted by molar-refractivity contribution is 6.36. The first-order valence-electron chi connectivity index (χ1n) is 15.7. The summed E-state index contributed by atoms with van der Waals surface area (Å²) in [5.41, 5.74) is 1.17. The summed E-state index contributed by atoms with van der Waals surface area (Å²) in [5.74, 6) is -1.54. The van der Waals surface area contributed by atoms with Crippen molar-refractivity contribution in [2.75, 3.05) is 38.7 Å². The fraction of sp³-hybridized carbons (Fsp3) is 0.471. The standard InChI is InChI=1S/C34H38Cl2N4O6/c1-45-26-17-39(18-26)23-14-24(19-46-25-8-6-21(7-9-25)34(43)44)40(16-23)31(41)13-22-12-29(36)30(15-28(22)35)38-33(42)32-27-5-3-2-4-20(27)10-11-37-32/h2-5,10-12,15,21,23-26H,6-9,13-14,16-19H2,1H3,(H,38,42)(H,43,44)/t21-,23-,24-,25-/m0/s1. The predicted octanol–water partition coefficient (Wildman–Crippen LogP) is 5.30. The van der Waals surface area contributed by atoms with Crippen molar-refractivity contribution in [2.24, 2.45) is 5.92 Å². The zero-order valence-corrected chi connectivity index (χ0v) is 27.2. The molecule has 0 unspecified atom stereocenters. The highest BCUT2D eigenvalue weighted by Gasteiger charge is 2.42. The normalized spacial score (nSPS) is 23.8. The maximum Gasteiger partial charge on any atom is 0.306 e. The Balaban J connectivity index is 1.12. The number of nitrogens with zero attached hydrogens (tertiary/aromatic N) is 3. The van der Waals surface area contributed by atoms with Gasteiger partial charge in [0.25, 0.3) is 5.91 Å². The minimum Gasteiger partial charge on any atom is -0.481 e. The molecule has 244 valence electrons. The molecule has 2 saturated heterocycles. The van der Waals surface area contributed by atoms with E-state index >= 15 is 0 Å². The third kappa shape index (κ3) is 7.16. The summed E-state index contributed by atoms with van der Waals surface area (Å²) in [4.78, 5) is 46.8. The number of hydrogen-bond donors (Lipinski definition) is 2. The summed E-state index contributed by atoms with van der Waals surface area (Å²) in [6, 6.07) is 12.6. The average Bonchev–Trinajstić information content (AvgIpc) is 3.45. The molecule has 3 aromatic rings. The van der Waals surface area contributed by atoms with Gasteiger partial charge < -0.3 is 24.8 Å². The molecule has 3 aliphatic rings. The molecule has 12 heteroatoms. The number of carboxylic acid groups (broad SMARTS) is 1. The Hall–Kier alpha value is -3.28. The van der Waals surface area contributed by atoms with Crippen LogP contribution < -0.4 is 5.32 Å². The van der Waals surface area contributed by atoms with E-state index in [0.29, 0.717) is 55.1 Å². The third-order valence-electron chi connectivity index (χ3n) is 9.60. The number of fused-ring (bicyclic) bond motifs is 1. The number of anilines is 1. The summed E-state index contributed by atoms with van der Waals surface area (Å²) in [6.45, 7) is 2.64.